The van der Waals surface area contributed by atoms with Gasteiger partial charge in [-0.1, -0.05) is 48.0 Å². The first-order valence-corrected chi connectivity index (χ1v) is 14.4. The fourth-order valence-corrected chi connectivity index (χ4v) is 6.51. The molecular weight excluding hydrogens is 530 g/mol. The lowest BCUT2D eigenvalue weighted by atomic mass is 9.78. The van der Waals surface area contributed by atoms with Crippen molar-refractivity contribution in [3.63, 3.8) is 0 Å². The molecule has 214 valence electrons. The molecule has 2 aromatic carbocycles. The molecule has 1 aliphatic heterocycles. The van der Waals surface area contributed by atoms with Crippen LogP contribution in [0.2, 0.25) is 5.02 Å². The van der Waals surface area contributed by atoms with Crippen LogP contribution in [0.5, 0.6) is 0 Å². The van der Waals surface area contributed by atoms with Gasteiger partial charge in [0.15, 0.2) is 0 Å². The summed E-state index contributed by atoms with van der Waals surface area (Å²) in [4.78, 5) is 19.7. The Kier molecular flexibility index (Phi) is 9.05. The van der Waals surface area contributed by atoms with E-state index in [4.69, 9.17) is 26.8 Å². The van der Waals surface area contributed by atoms with Crippen molar-refractivity contribution >= 4 is 28.3 Å². The molecule has 0 spiro atoms. The highest BCUT2D eigenvalue weighted by atomic mass is 35.5. The summed E-state index contributed by atoms with van der Waals surface area (Å²) in [5, 5.41) is 25.2. The molecule has 2 aliphatic rings. The van der Waals surface area contributed by atoms with Crippen molar-refractivity contribution in [2.75, 3.05) is 33.4 Å². The molecule has 0 radical (unpaired) electrons. The molecule has 5 atom stereocenters. The number of rotatable bonds is 9. The number of carbonyl (C=O) groups excluding carboxylic acids is 1. The summed E-state index contributed by atoms with van der Waals surface area (Å²) < 4.78 is 11.5. The quantitative estimate of drug-likeness (QED) is 0.336. The third-order valence-electron chi connectivity index (χ3n) is 8.41. The summed E-state index contributed by atoms with van der Waals surface area (Å²) in [6.45, 7) is 1.52. The van der Waals surface area contributed by atoms with Gasteiger partial charge in [0.1, 0.15) is 11.7 Å². The van der Waals surface area contributed by atoms with Gasteiger partial charge in [-0.15, -0.1) is 0 Å². The van der Waals surface area contributed by atoms with E-state index in [0.717, 1.165) is 22.8 Å². The third kappa shape index (κ3) is 5.75. The number of hydrogen-bond acceptors (Lipinski definition) is 7. The molecule has 9 heteroatoms. The van der Waals surface area contributed by atoms with Crippen LogP contribution in [0.1, 0.15) is 37.7 Å². The second kappa shape index (κ2) is 12.5. The Labute approximate surface area is 240 Å². The lowest BCUT2D eigenvalue weighted by Gasteiger charge is -2.44. The number of halogens is 1. The lowest BCUT2D eigenvalue weighted by Crippen LogP contribution is -2.55. The number of morpholine rings is 1. The maximum Gasteiger partial charge on any atom is 0.226 e. The van der Waals surface area contributed by atoms with Crippen molar-refractivity contribution in [3.05, 3.63) is 65.4 Å². The highest BCUT2D eigenvalue weighted by Gasteiger charge is 2.46. The van der Waals surface area contributed by atoms with Crippen LogP contribution < -0.4 is 5.73 Å². The van der Waals surface area contributed by atoms with E-state index in [9.17, 15) is 15.0 Å². The average Bonchev–Trinajstić information content (AvgIpc) is 3.32. The van der Waals surface area contributed by atoms with Crippen LogP contribution in [0.4, 0.5) is 0 Å². The Hall–Kier alpha value is -2.59. The van der Waals surface area contributed by atoms with E-state index >= 15 is 0 Å². The van der Waals surface area contributed by atoms with Crippen molar-refractivity contribution in [1.82, 2.24) is 9.88 Å². The number of methoxy groups -OCH3 is 1. The van der Waals surface area contributed by atoms with Crippen molar-refractivity contribution in [3.8, 4) is 11.1 Å². The Balaban J connectivity index is 1.54. The number of unbranched alkanes of at least 4 members (excludes halogenated alkanes) is 1. The van der Waals surface area contributed by atoms with Crippen LogP contribution in [0.15, 0.2) is 54.9 Å². The van der Waals surface area contributed by atoms with Crippen molar-refractivity contribution in [2.24, 2.45) is 11.7 Å². The molecular formula is C31H38ClN3O5. The number of nitrogens with zero attached hydrogens (tertiary/aromatic N) is 2. The van der Waals surface area contributed by atoms with Crippen molar-refractivity contribution < 1.29 is 24.5 Å². The third-order valence-corrected chi connectivity index (χ3v) is 8.73. The molecule has 0 bridgehead atoms. The van der Waals surface area contributed by atoms with Gasteiger partial charge in [0.25, 0.3) is 0 Å². The predicted molar refractivity (Wildman–Crippen MR) is 155 cm³/mol. The van der Waals surface area contributed by atoms with E-state index in [2.05, 4.69) is 4.98 Å². The van der Waals surface area contributed by atoms with E-state index in [0.29, 0.717) is 61.6 Å². The van der Waals surface area contributed by atoms with E-state index in [1.54, 1.807) is 18.2 Å². The molecule has 2 heterocycles. The van der Waals surface area contributed by atoms with Gasteiger partial charge in [-0.05, 0) is 49.1 Å². The van der Waals surface area contributed by atoms with Gasteiger partial charge < -0.3 is 30.3 Å². The van der Waals surface area contributed by atoms with E-state index in [1.165, 1.54) is 0 Å². The summed E-state index contributed by atoms with van der Waals surface area (Å²) in [5.74, 6) is -0.381. The number of hydrogen-bond donors (Lipinski definition) is 3. The van der Waals surface area contributed by atoms with Crippen LogP contribution in [-0.4, -0.2) is 77.7 Å². The highest BCUT2D eigenvalue weighted by molar-refractivity contribution is 6.34. The number of aliphatic hydroxyl groups excluding tert-OH is 1. The molecule has 1 aliphatic carbocycles. The topological polar surface area (TPSA) is 118 Å². The average molecular weight is 568 g/mol. The summed E-state index contributed by atoms with van der Waals surface area (Å²) >= 11 is 6.89. The Morgan fingerprint density at radius 3 is 2.80 bits per heavy atom. The standard InChI is InChI=1S/C31H38ClN3O5/c1-39-13-5-4-11-31(38,28-19-35(12-14-40-28)30(37)21-15-26(33)27(36)16-21)24-9-6-10-25(32)29(24)23-18-34-17-20-7-2-3-8-22(20)23/h2-3,6-10,17-18,21,26-28,36,38H,4-5,11-16,19,33H2,1H3/t21-,26+,27-,28?,31-/m0/s1. The minimum atomic E-state index is -1.45. The van der Waals surface area contributed by atoms with Crippen LogP contribution in [-0.2, 0) is 19.9 Å². The SMILES string of the molecule is COCCCC[C@](O)(c1cccc(Cl)c1-c1cncc2ccccc12)C1CN(C(=O)[C@H]2C[C@@H](N)[C@@H](O)C2)CCO1. The van der Waals surface area contributed by atoms with Gasteiger partial charge in [0.05, 0.1) is 19.3 Å². The summed E-state index contributed by atoms with van der Waals surface area (Å²) in [6.07, 6.45) is 4.88. The fourth-order valence-electron chi connectivity index (χ4n) is 6.23. The number of aromatic nitrogens is 1. The normalized spacial score (nSPS) is 24.8. The molecule has 1 unspecified atom stereocenters. The summed E-state index contributed by atoms with van der Waals surface area (Å²) in [6, 6.07) is 13.1. The highest BCUT2D eigenvalue weighted by Crippen LogP contribution is 2.44. The molecule has 1 saturated heterocycles. The minimum absolute atomic E-state index is 0.0494. The van der Waals surface area contributed by atoms with E-state index < -0.39 is 23.9 Å². The summed E-state index contributed by atoms with van der Waals surface area (Å²) in [7, 11) is 1.66. The minimum Gasteiger partial charge on any atom is -0.391 e. The fraction of sp³-hybridized carbons (Fsp3) is 0.484. The predicted octanol–water partition coefficient (Wildman–Crippen LogP) is 3.89. The number of benzene rings is 2. The zero-order chi connectivity index (χ0) is 28.3. The maximum atomic E-state index is 13.5. The van der Waals surface area contributed by atoms with Gasteiger partial charge in [-0.2, -0.15) is 0 Å². The van der Waals surface area contributed by atoms with Crippen LogP contribution in [0, 0.1) is 5.92 Å². The molecule has 8 nitrogen and oxygen atoms in total. The number of ether oxygens (including phenoxy) is 2. The first-order chi connectivity index (χ1) is 19.3. The van der Waals surface area contributed by atoms with Gasteiger partial charge in [0, 0.05) is 66.2 Å². The van der Waals surface area contributed by atoms with Gasteiger partial charge in [-0.3, -0.25) is 9.78 Å². The monoisotopic (exact) mass is 567 g/mol. The molecule has 5 rings (SSSR count). The number of pyridine rings is 1. The summed E-state index contributed by atoms with van der Waals surface area (Å²) in [5.41, 5.74) is 6.73. The smallest absolute Gasteiger partial charge is 0.226 e. The van der Waals surface area contributed by atoms with Crippen LogP contribution in [0.25, 0.3) is 21.9 Å². The van der Waals surface area contributed by atoms with Crippen molar-refractivity contribution in [2.45, 2.75) is 56.0 Å². The number of fused-ring (bicyclic) bond motifs is 1. The molecule has 3 aromatic rings. The van der Waals surface area contributed by atoms with E-state index in [1.807, 2.05) is 48.7 Å². The number of amides is 1. The zero-order valence-electron chi connectivity index (χ0n) is 22.8. The zero-order valence-corrected chi connectivity index (χ0v) is 23.6. The Bertz CT molecular complexity index is 1320. The van der Waals surface area contributed by atoms with Crippen LogP contribution in [0.3, 0.4) is 0 Å². The molecule has 1 aromatic heterocycles. The van der Waals surface area contributed by atoms with E-state index in [-0.39, 0.29) is 18.4 Å². The molecule has 2 fully saturated rings. The maximum absolute atomic E-state index is 13.5. The molecule has 1 amide bonds. The number of nitrogens with two attached hydrogens (primary N) is 1. The Morgan fingerprint density at radius 1 is 1.20 bits per heavy atom. The molecule has 40 heavy (non-hydrogen) atoms. The largest absolute Gasteiger partial charge is 0.391 e. The molecule has 1 saturated carbocycles. The number of aliphatic hydroxyl groups is 2. The van der Waals surface area contributed by atoms with Crippen LogP contribution >= 0.6 is 11.6 Å². The second-order valence-electron chi connectivity index (χ2n) is 11.0. The number of carbonyl (C=O) groups is 1. The van der Waals surface area contributed by atoms with Crippen molar-refractivity contribution in [1.29, 1.82) is 0 Å². The molecule has 4 N–H and O–H groups in total. The van der Waals surface area contributed by atoms with Gasteiger partial charge in [-0.25, -0.2) is 0 Å². The first kappa shape index (κ1) is 28.9. The van der Waals surface area contributed by atoms with Gasteiger partial charge in [0.2, 0.25) is 5.91 Å². The lowest BCUT2D eigenvalue weighted by molar-refractivity contribution is -0.167. The first-order valence-electron chi connectivity index (χ1n) is 14.0. The Morgan fingerprint density at radius 2 is 2.02 bits per heavy atom. The second-order valence-corrected chi connectivity index (χ2v) is 11.4. The van der Waals surface area contributed by atoms with Gasteiger partial charge >= 0.3 is 0 Å².